The highest BCUT2D eigenvalue weighted by Crippen LogP contribution is 2.46. The number of rotatable bonds is 2. The van der Waals surface area contributed by atoms with E-state index in [1.807, 2.05) is 0 Å². The molecule has 1 heterocycles. The Balaban J connectivity index is 2.02. The van der Waals surface area contributed by atoms with E-state index in [2.05, 4.69) is 63.9 Å². The van der Waals surface area contributed by atoms with Gasteiger partial charge in [0.15, 0.2) is 5.96 Å². The highest BCUT2D eigenvalue weighted by atomic mass is 79.9. The summed E-state index contributed by atoms with van der Waals surface area (Å²) in [5.74, 6) is 1.99. The largest absolute Gasteiger partial charge is 0.369 e. The van der Waals surface area contributed by atoms with Crippen LogP contribution in [0.25, 0.3) is 0 Å². The second kappa shape index (κ2) is 5.64. The Morgan fingerprint density at radius 1 is 1.29 bits per heavy atom. The minimum absolute atomic E-state index is 0.0876. The number of anilines is 1. The van der Waals surface area contributed by atoms with Gasteiger partial charge in [0.05, 0.1) is 12.1 Å². The fraction of sp³-hybridized carbons (Fsp3) is 0.588. The van der Waals surface area contributed by atoms with Crippen LogP contribution < -0.4 is 10.6 Å². The maximum atomic E-state index is 6.28. The second-order valence-electron chi connectivity index (χ2n) is 6.69. The van der Waals surface area contributed by atoms with Gasteiger partial charge in [-0.25, -0.2) is 0 Å². The van der Waals surface area contributed by atoms with E-state index in [4.69, 9.17) is 5.73 Å². The molecule has 3 rings (SSSR count). The van der Waals surface area contributed by atoms with Crippen LogP contribution in [0.1, 0.15) is 39.5 Å². The first-order chi connectivity index (χ1) is 10.0. The summed E-state index contributed by atoms with van der Waals surface area (Å²) in [5.41, 5.74) is 7.54. The topological polar surface area (TPSA) is 41.6 Å². The Labute approximate surface area is 135 Å². The van der Waals surface area contributed by atoms with Gasteiger partial charge in [0.2, 0.25) is 0 Å². The molecule has 0 radical (unpaired) electrons. The van der Waals surface area contributed by atoms with Crippen molar-refractivity contribution < 1.29 is 0 Å². The third-order valence-electron chi connectivity index (χ3n) is 5.14. The molecule has 1 spiro atoms. The number of halogens is 1. The normalized spacial score (nSPS) is 29.2. The van der Waals surface area contributed by atoms with Crippen LogP contribution >= 0.6 is 15.9 Å². The minimum Gasteiger partial charge on any atom is -0.369 e. The molecule has 0 saturated heterocycles. The summed E-state index contributed by atoms with van der Waals surface area (Å²) >= 11 is 3.51. The number of hydrogen-bond acceptors (Lipinski definition) is 3. The van der Waals surface area contributed by atoms with E-state index >= 15 is 0 Å². The van der Waals surface area contributed by atoms with Gasteiger partial charge in [-0.05, 0) is 48.9 Å². The van der Waals surface area contributed by atoms with Gasteiger partial charge in [0.25, 0.3) is 0 Å². The highest BCUT2D eigenvalue weighted by Gasteiger charge is 2.50. The summed E-state index contributed by atoms with van der Waals surface area (Å²) in [5, 5.41) is 0. The number of nitrogens with zero attached hydrogens (tertiary/aromatic N) is 2. The first-order valence-electron chi connectivity index (χ1n) is 7.90. The maximum absolute atomic E-state index is 6.28. The SMILES string of the molecule is CC(C)C1CCCCC12CN=C(N)N2c1ccc(Br)cc1. The molecule has 1 aliphatic heterocycles. The number of benzene rings is 1. The van der Waals surface area contributed by atoms with Gasteiger partial charge >= 0.3 is 0 Å². The smallest absolute Gasteiger partial charge is 0.196 e. The van der Waals surface area contributed by atoms with E-state index < -0.39 is 0 Å². The Hall–Kier alpha value is -1.03. The molecule has 0 amide bonds. The molecule has 1 fully saturated rings. The fourth-order valence-electron chi connectivity index (χ4n) is 4.24. The van der Waals surface area contributed by atoms with Crippen molar-refractivity contribution in [3.05, 3.63) is 28.7 Å². The summed E-state index contributed by atoms with van der Waals surface area (Å²) in [4.78, 5) is 6.96. The van der Waals surface area contributed by atoms with Crippen LogP contribution in [0.15, 0.2) is 33.7 Å². The second-order valence-corrected chi connectivity index (χ2v) is 7.60. The zero-order valence-electron chi connectivity index (χ0n) is 12.8. The van der Waals surface area contributed by atoms with E-state index in [9.17, 15) is 0 Å². The molecular formula is C17H24BrN3. The molecule has 3 nitrogen and oxygen atoms in total. The molecule has 0 bridgehead atoms. The summed E-state index contributed by atoms with van der Waals surface area (Å²) in [6.07, 6.45) is 5.08. The zero-order chi connectivity index (χ0) is 15.0. The Morgan fingerprint density at radius 3 is 2.67 bits per heavy atom. The van der Waals surface area contributed by atoms with Crippen molar-refractivity contribution >= 4 is 27.6 Å². The molecular weight excluding hydrogens is 326 g/mol. The molecule has 2 aliphatic rings. The highest BCUT2D eigenvalue weighted by molar-refractivity contribution is 9.10. The molecule has 4 heteroatoms. The van der Waals surface area contributed by atoms with Crippen LogP contribution in [0.4, 0.5) is 5.69 Å². The van der Waals surface area contributed by atoms with Crippen LogP contribution in [0, 0.1) is 11.8 Å². The quantitative estimate of drug-likeness (QED) is 0.870. The number of hydrogen-bond donors (Lipinski definition) is 1. The predicted octanol–water partition coefficient (Wildman–Crippen LogP) is 4.17. The van der Waals surface area contributed by atoms with Gasteiger partial charge in [0.1, 0.15) is 0 Å². The number of aliphatic imine (C=N–C) groups is 1. The van der Waals surface area contributed by atoms with E-state index in [1.165, 1.54) is 31.4 Å². The maximum Gasteiger partial charge on any atom is 0.196 e. The van der Waals surface area contributed by atoms with Gasteiger partial charge in [-0.15, -0.1) is 0 Å². The van der Waals surface area contributed by atoms with E-state index in [0.717, 1.165) is 11.0 Å². The Bertz CT molecular complexity index is 537. The Morgan fingerprint density at radius 2 is 2.00 bits per heavy atom. The third-order valence-corrected chi connectivity index (χ3v) is 5.67. The van der Waals surface area contributed by atoms with Gasteiger partial charge in [-0.3, -0.25) is 4.99 Å². The molecule has 2 atom stereocenters. The lowest BCUT2D eigenvalue weighted by molar-refractivity contribution is 0.157. The van der Waals surface area contributed by atoms with Crippen molar-refractivity contribution in [1.29, 1.82) is 0 Å². The van der Waals surface area contributed by atoms with Crippen LogP contribution in [-0.4, -0.2) is 18.0 Å². The van der Waals surface area contributed by atoms with Gasteiger partial charge in [-0.1, -0.05) is 42.6 Å². The average Bonchev–Trinajstić information content (AvgIpc) is 2.78. The third kappa shape index (κ3) is 2.48. The molecule has 1 saturated carbocycles. The predicted molar refractivity (Wildman–Crippen MR) is 92.6 cm³/mol. The monoisotopic (exact) mass is 349 g/mol. The Kier molecular flexibility index (Phi) is 4.00. The fourth-order valence-corrected chi connectivity index (χ4v) is 4.51. The molecule has 1 aromatic carbocycles. The lowest BCUT2D eigenvalue weighted by Crippen LogP contribution is -2.59. The van der Waals surface area contributed by atoms with Crippen LogP contribution in [0.3, 0.4) is 0 Å². The average molecular weight is 350 g/mol. The molecule has 0 aromatic heterocycles. The van der Waals surface area contributed by atoms with Crippen LogP contribution in [0.2, 0.25) is 0 Å². The molecule has 114 valence electrons. The summed E-state index contributed by atoms with van der Waals surface area (Å²) in [6, 6.07) is 8.46. The van der Waals surface area contributed by atoms with Gasteiger partial charge in [0, 0.05) is 10.2 Å². The van der Waals surface area contributed by atoms with Crippen molar-refractivity contribution in [3.63, 3.8) is 0 Å². The number of guanidine groups is 1. The summed E-state index contributed by atoms with van der Waals surface area (Å²) < 4.78 is 1.10. The summed E-state index contributed by atoms with van der Waals surface area (Å²) in [7, 11) is 0. The van der Waals surface area contributed by atoms with Crippen molar-refractivity contribution in [1.82, 2.24) is 0 Å². The van der Waals surface area contributed by atoms with E-state index in [-0.39, 0.29) is 5.54 Å². The van der Waals surface area contributed by atoms with Crippen molar-refractivity contribution in [2.45, 2.75) is 45.1 Å². The summed E-state index contributed by atoms with van der Waals surface area (Å²) in [6.45, 7) is 5.52. The standard InChI is InChI=1S/C17H24BrN3/c1-12(2)15-5-3-4-10-17(15)11-20-16(19)21(17)14-8-6-13(18)7-9-14/h6-9,12,15H,3-5,10-11H2,1-2H3,(H2,19,20). The lowest BCUT2D eigenvalue weighted by Gasteiger charge is -2.49. The van der Waals surface area contributed by atoms with E-state index in [1.54, 1.807) is 0 Å². The lowest BCUT2D eigenvalue weighted by atomic mass is 9.67. The van der Waals surface area contributed by atoms with Crippen molar-refractivity contribution in [3.8, 4) is 0 Å². The minimum atomic E-state index is 0.0876. The van der Waals surface area contributed by atoms with Crippen molar-refractivity contribution in [2.75, 3.05) is 11.4 Å². The van der Waals surface area contributed by atoms with Crippen LogP contribution in [-0.2, 0) is 0 Å². The first kappa shape index (κ1) is 14.9. The van der Waals surface area contributed by atoms with Crippen molar-refractivity contribution in [2.24, 2.45) is 22.6 Å². The number of nitrogens with two attached hydrogens (primary N) is 1. The van der Waals surface area contributed by atoms with Gasteiger partial charge in [-0.2, -0.15) is 0 Å². The zero-order valence-corrected chi connectivity index (χ0v) is 14.4. The molecule has 1 aliphatic carbocycles. The van der Waals surface area contributed by atoms with Gasteiger partial charge < -0.3 is 10.6 Å². The molecule has 2 N–H and O–H groups in total. The molecule has 2 unspecified atom stereocenters. The molecule has 21 heavy (non-hydrogen) atoms. The molecule has 1 aromatic rings. The first-order valence-corrected chi connectivity index (χ1v) is 8.69. The van der Waals surface area contributed by atoms with E-state index in [0.29, 0.717) is 17.8 Å². The van der Waals surface area contributed by atoms with Crippen LogP contribution in [0.5, 0.6) is 0 Å².